The summed E-state index contributed by atoms with van der Waals surface area (Å²) in [5.41, 5.74) is 2.91. The number of benzene rings is 2. The maximum atomic E-state index is 9.56. The predicted molar refractivity (Wildman–Crippen MR) is 94.0 cm³/mol. The molecule has 0 amide bonds. The van der Waals surface area contributed by atoms with E-state index in [1.54, 1.807) is 24.4 Å². The Hall–Kier alpha value is -2.88. The summed E-state index contributed by atoms with van der Waals surface area (Å²) in [6.07, 6.45) is 6.91. The molecule has 0 aromatic heterocycles. The van der Waals surface area contributed by atoms with Crippen molar-refractivity contribution in [2.24, 2.45) is 10.2 Å². The molecule has 22 heavy (non-hydrogen) atoms. The lowest BCUT2D eigenvalue weighted by atomic mass is 10.2. The number of nitrogens with zero attached hydrogens (tertiary/aromatic N) is 3. The molecule has 0 aliphatic carbocycles. The van der Waals surface area contributed by atoms with Crippen LogP contribution < -0.4 is 4.90 Å². The van der Waals surface area contributed by atoms with Gasteiger partial charge in [-0.3, -0.25) is 0 Å². The summed E-state index contributed by atoms with van der Waals surface area (Å²) in [6, 6.07) is 15.2. The molecule has 2 rings (SSSR count). The zero-order valence-corrected chi connectivity index (χ0v) is 12.7. The van der Waals surface area contributed by atoms with Crippen LogP contribution in [0.2, 0.25) is 0 Å². The van der Waals surface area contributed by atoms with Crippen molar-refractivity contribution in [2.45, 2.75) is 0 Å². The fraction of sp³-hybridized carbons (Fsp3) is 0.111. The first-order valence-corrected chi connectivity index (χ1v) is 6.95. The highest BCUT2D eigenvalue weighted by atomic mass is 16.3. The van der Waals surface area contributed by atoms with Crippen molar-refractivity contribution in [3.63, 3.8) is 0 Å². The van der Waals surface area contributed by atoms with E-state index in [0.29, 0.717) is 5.56 Å². The van der Waals surface area contributed by atoms with Crippen LogP contribution in [-0.2, 0) is 0 Å². The van der Waals surface area contributed by atoms with Crippen molar-refractivity contribution < 1.29 is 5.11 Å². The van der Waals surface area contributed by atoms with Gasteiger partial charge < -0.3 is 10.0 Å². The van der Waals surface area contributed by atoms with E-state index >= 15 is 0 Å². The summed E-state index contributed by atoms with van der Waals surface area (Å²) < 4.78 is 0. The SMILES string of the molecule is CN(C)c1ccc(/C=C/C=N/N=C/c2ccccc2O)cc1. The van der Waals surface area contributed by atoms with Gasteiger partial charge in [-0.1, -0.05) is 30.3 Å². The quantitative estimate of drug-likeness (QED) is 0.676. The second-order valence-corrected chi connectivity index (χ2v) is 4.91. The molecule has 2 aromatic carbocycles. The van der Waals surface area contributed by atoms with Gasteiger partial charge in [-0.05, 0) is 35.9 Å². The molecular weight excluding hydrogens is 274 g/mol. The Balaban J connectivity index is 1.90. The van der Waals surface area contributed by atoms with Crippen molar-refractivity contribution >= 4 is 24.2 Å². The summed E-state index contributed by atoms with van der Waals surface area (Å²) in [7, 11) is 4.03. The molecule has 4 nitrogen and oxygen atoms in total. The Morgan fingerprint density at radius 1 is 0.955 bits per heavy atom. The number of phenolic OH excluding ortho intramolecular Hbond substituents is 1. The zero-order chi connectivity index (χ0) is 15.8. The van der Waals surface area contributed by atoms with Crippen molar-refractivity contribution in [3.8, 4) is 5.75 Å². The van der Waals surface area contributed by atoms with Crippen molar-refractivity contribution in [1.29, 1.82) is 0 Å². The third-order valence-electron chi connectivity index (χ3n) is 3.05. The first-order chi connectivity index (χ1) is 10.7. The van der Waals surface area contributed by atoms with E-state index in [0.717, 1.165) is 11.3 Å². The number of aromatic hydroxyl groups is 1. The van der Waals surface area contributed by atoms with Gasteiger partial charge in [0.05, 0.1) is 6.21 Å². The van der Waals surface area contributed by atoms with Crippen LogP contribution >= 0.6 is 0 Å². The van der Waals surface area contributed by atoms with E-state index < -0.39 is 0 Å². The van der Waals surface area contributed by atoms with E-state index in [9.17, 15) is 5.11 Å². The van der Waals surface area contributed by atoms with Gasteiger partial charge in [-0.15, -0.1) is 0 Å². The maximum absolute atomic E-state index is 9.56. The molecule has 0 heterocycles. The van der Waals surface area contributed by atoms with Crippen molar-refractivity contribution in [3.05, 3.63) is 65.7 Å². The molecule has 1 N–H and O–H groups in total. The largest absolute Gasteiger partial charge is 0.507 e. The monoisotopic (exact) mass is 293 g/mol. The molecule has 0 bridgehead atoms. The van der Waals surface area contributed by atoms with Crippen LogP contribution in [-0.4, -0.2) is 31.6 Å². The first-order valence-electron chi connectivity index (χ1n) is 6.95. The highest BCUT2D eigenvalue weighted by Gasteiger charge is 1.94. The van der Waals surface area contributed by atoms with Gasteiger partial charge in [-0.25, -0.2) is 0 Å². The predicted octanol–water partition coefficient (Wildman–Crippen LogP) is 3.58. The molecule has 0 atom stereocenters. The molecule has 0 radical (unpaired) electrons. The first kappa shape index (κ1) is 15.5. The number of hydrogen-bond acceptors (Lipinski definition) is 4. The van der Waals surface area contributed by atoms with E-state index in [2.05, 4.69) is 27.2 Å². The molecule has 0 saturated heterocycles. The van der Waals surface area contributed by atoms with E-state index in [4.69, 9.17) is 0 Å². The fourth-order valence-electron chi connectivity index (χ4n) is 1.81. The van der Waals surface area contributed by atoms with Crippen LogP contribution in [0.1, 0.15) is 11.1 Å². The fourth-order valence-corrected chi connectivity index (χ4v) is 1.81. The number of phenols is 1. The molecule has 0 fully saturated rings. The summed E-state index contributed by atoms with van der Waals surface area (Å²) in [5.74, 6) is 0.193. The van der Waals surface area contributed by atoms with Gasteiger partial charge in [-0.2, -0.15) is 10.2 Å². The van der Waals surface area contributed by atoms with Gasteiger partial charge in [0.15, 0.2) is 0 Å². The Labute approximate surface area is 130 Å². The standard InChI is InChI=1S/C18H19N3O/c1-21(2)17-11-9-15(10-12-17)6-5-13-19-20-14-16-7-3-4-8-18(16)22/h3-14,22H,1-2H3/b6-5+,19-13+,20-14+. The average molecular weight is 293 g/mol. The van der Waals surface area contributed by atoms with Crippen LogP contribution in [0, 0.1) is 0 Å². The van der Waals surface area contributed by atoms with E-state index in [1.165, 1.54) is 6.21 Å². The Bertz CT molecular complexity index is 686. The average Bonchev–Trinajstić information content (AvgIpc) is 2.53. The third kappa shape index (κ3) is 4.59. The van der Waals surface area contributed by atoms with Crippen LogP contribution in [0.15, 0.2) is 64.8 Å². The summed E-state index contributed by atoms with van der Waals surface area (Å²) >= 11 is 0. The maximum Gasteiger partial charge on any atom is 0.124 e. The minimum Gasteiger partial charge on any atom is -0.507 e. The molecule has 0 aliphatic rings. The van der Waals surface area contributed by atoms with E-state index in [1.807, 2.05) is 44.4 Å². The molecule has 2 aromatic rings. The second kappa shape index (κ2) is 7.78. The normalized spacial score (nSPS) is 11.7. The van der Waals surface area contributed by atoms with E-state index in [-0.39, 0.29) is 5.75 Å². The Kier molecular flexibility index (Phi) is 5.49. The van der Waals surface area contributed by atoms with Gasteiger partial charge in [0.1, 0.15) is 5.75 Å². The van der Waals surface area contributed by atoms with Crippen molar-refractivity contribution in [1.82, 2.24) is 0 Å². The van der Waals surface area contributed by atoms with Gasteiger partial charge in [0.2, 0.25) is 0 Å². The highest BCUT2D eigenvalue weighted by molar-refractivity contribution is 5.84. The minimum absolute atomic E-state index is 0.193. The lowest BCUT2D eigenvalue weighted by Gasteiger charge is -2.11. The molecule has 0 spiro atoms. The Morgan fingerprint density at radius 2 is 1.68 bits per heavy atom. The summed E-state index contributed by atoms with van der Waals surface area (Å²) in [5, 5.41) is 17.4. The smallest absolute Gasteiger partial charge is 0.124 e. The number of anilines is 1. The van der Waals surface area contributed by atoms with Crippen LogP contribution in [0.25, 0.3) is 6.08 Å². The number of rotatable bonds is 5. The Morgan fingerprint density at radius 3 is 2.36 bits per heavy atom. The van der Waals surface area contributed by atoms with Gasteiger partial charge in [0.25, 0.3) is 0 Å². The number of allylic oxidation sites excluding steroid dienone is 1. The molecule has 0 saturated carbocycles. The third-order valence-corrected chi connectivity index (χ3v) is 3.05. The summed E-state index contributed by atoms with van der Waals surface area (Å²) in [4.78, 5) is 2.06. The van der Waals surface area contributed by atoms with Gasteiger partial charge >= 0.3 is 0 Å². The topological polar surface area (TPSA) is 48.2 Å². The van der Waals surface area contributed by atoms with Crippen LogP contribution in [0.5, 0.6) is 5.75 Å². The van der Waals surface area contributed by atoms with Crippen LogP contribution in [0.3, 0.4) is 0 Å². The zero-order valence-electron chi connectivity index (χ0n) is 12.7. The molecular formula is C18H19N3O. The lowest BCUT2D eigenvalue weighted by Crippen LogP contribution is -2.07. The van der Waals surface area contributed by atoms with Crippen LogP contribution in [0.4, 0.5) is 5.69 Å². The minimum atomic E-state index is 0.193. The number of hydrogen-bond donors (Lipinski definition) is 1. The molecule has 4 heteroatoms. The van der Waals surface area contributed by atoms with Gasteiger partial charge in [0, 0.05) is 31.6 Å². The molecule has 112 valence electrons. The highest BCUT2D eigenvalue weighted by Crippen LogP contribution is 2.13. The molecule has 0 aliphatic heterocycles. The molecule has 0 unspecified atom stereocenters. The number of para-hydroxylation sites is 1. The second-order valence-electron chi connectivity index (χ2n) is 4.91. The summed E-state index contributed by atoms with van der Waals surface area (Å²) in [6.45, 7) is 0. The van der Waals surface area contributed by atoms with Crippen molar-refractivity contribution in [2.75, 3.05) is 19.0 Å². The lowest BCUT2D eigenvalue weighted by molar-refractivity contribution is 0.474.